The second-order valence-electron chi connectivity index (χ2n) is 5.20. The van der Waals surface area contributed by atoms with Gasteiger partial charge in [-0.2, -0.15) is 0 Å². The molecule has 1 atom stereocenters. The lowest BCUT2D eigenvalue weighted by Crippen LogP contribution is -2.00. The maximum atomic E-state index is 6.74. The first kappa shape index (κ1) is 15.1. The van der Waals surface area contributed by atoms with Crippen molar-refractivity contribution in [1.29, 1.82) is 0 Å². The van der Waals surface area contributed by atoms with Crippen molar-refractivity contribution >= 4 is 11.6 Å². The quantitative estimate of drug-likeness (QED) is 0.618. The molecule has 0 aliphatic heterocycles. The highest BCUT2D eigenvalue weighted by molar-refractivity contribution is 6.22. The van der Waals surface area contributed by atoms with E-state index in [0.717, 1.165) is 19.3 Å². The average molecular weight is 287 g/mol. The Bertz CT molecular complexity index is 554. The van der Waals surface area contributed by atoms with E-state index in [2.05, 4.69) is 63.2 Å². The number of alkyl halides is 1. The van der Waals surface area contributed by atoms with E-state index < -0.39 is 0 Å². The van der Waals surface area contributed by atoms with E-state index in [9.17, 15) is 0 Å². The van der Waals surface area contributed by atoms with Gasteiger partial charge in [0.15, 0.2) is 0 Å². The molecule has 0 fully saturated rings. The Kier molecular flexibility index (Phi) is 5.25. The topological polar surface area (TPSA) is 0 Å². The lowest BCUT2D eigenvalue weighted by molar-refractivity contribution is 1.01. The van der Waals surface area contributed by atoms with E-state index in [1.54, 1.807) is 0 Å². The lowest BCUT2D eigenvalue weighted by atomic mass is 9.94. The van der Waals surface area contributed by atoms with Gasteiger partial charge in [0, 0.05) is 0 Å². The van der Waals surface area contributed by atoms with Gasteiger partial charge in [0.2, 0.25) is 0 Å². The standard InChI is InChI=1S/C19H23Cl/c1-4-14-7-11-17(12-8-14)19(20)18-13-15(5-2)9-10-16(18)6-3/h7-13,19H,4-6H2,1-3H3. The van der Waals surface area contributed by atoms with Gasteiger partial charge in [0.1, 0.15) is 0 Å². The Morgan fingerprint density at radius 3 is 1.95 bits per heavy atom. The fourth-order valence-electron chi connectivity index (χ4n) is 2.52. The molecule has 0 spiro atoms. The van der Waals surface area contributed by atoms with E-state index in [-0.39, 0.29) is 5.38 Å². The molecule has 2 aromatic rings. The van der Waals surface area contributed by atoms with Crippen molar-refractivity contribution in [3.63, 3.8) is 0 Å². The minimum absolute atomic E-state index is 0.0534. The number of hydrogen-bond donors (Lipinski definition) is 0. The summed E-state index contributed by atoms with van der Waals surface area (Å²) in [5.74, 6) is 0. The van der Waals surface area contributed by atoms with Crippen molar-refractivity contribution in [2.45, 2.75) is 45.4 Å². The highest BCUT2D eigenvalue weighted by atomic mass is 35.5. The van der Waals surface area contributed by atoms with Crippen molar-refractivity contribution in [3.05, 3.63) is 70.3 Å². The number of halogens is 1. The van der Waals surface area contributed by atoms with E-state index in [1.807, 2.05) is 0 Å². The largest absolute Gasteiger partial charge is 0.113 e. The molecule has 0 aliphatic carbocycles. The van der Waals surface area contributed by atoms with Crippen LogP contribution in [-0.4, -0.2) is 0 Å². The third-order valence-corrected chi connectivity index (χ3v) is 4.44. The Balaban J connectivity index is 2.37. The minimum Gasteiger partial charge on any atom is -0.113 e. The Hall–Kier alpha value is -1.27. The number of aryl methyl sites for hydroxylation is 3. The highest BCUT2D eigenvalue weighted by Crippen LogP contribution is 2.32. The second kappa shape index (κ2) is 6.95. The van der Waals surface area contributed by atoms with Crippen LogP contribution in [0.2, 0.25) is 0 Å². The maximum absolute atomic E-state index is 6.74. The van der Waals surface area contributed by atoms with Gasteiger partial charge in [-0.25, -0.2) is 0 Å². The summed E-state index contributed by atoms with van der Waals surface area (Å²) < 4.78 is 0. The van der Waals surface area contributed by atoms with Gasteiger partial charge < -0.3 is 0 Å². The van der Waals surface area contributed by atoms with Crippen LogP contribution < -0.4 is 0 Å². The summed E-state index contributed by atoms with van der Waals surface area (Å²) in [7, 11) is 0. The van der Waals surface area contributed by atoms with Crippen molar-refractivity contribution in [2.24, 2.45) is 0 Å². The van der Waals surface area contributed by atoms with Crippen LogP contribution in [0.3, 0.4) is 0 Å². The Morgan fingerprint density at radius 1 is 0.800 bits per heavy atom. The Labute approximate surface area is 127 Å². The predicted octanol–water partition coefficient (Wildman–Crippen LogP) is 5.70. The molecule has 0 radical (unpaired) electrons. The fourth-order valence-corrected chi connectivity index (χ4v) is 2.87. The molecule has 0 heterocycles. The molecule has 0 aromatic heterocycles. The van der Waals surface area contributed by atoms with Gasteiger partial charge in [-0.05, 0) is 47.1 Å². The molecule has 1 heteroatoms. The van der Waals surface area contributed by atoms with Crippen molar-refractivity contribution < 1.29 is 0 Å². The van der Waals surface area contributed by atoms with Gasteiger partial charge in [-0.15, -0.1) is 11.6 Å². The van der Waals surface area contributed by atoms with Crippen LogP contribution >= 0.6 is 11.6 Å². The molecule has 0 saturated carbocycles. The van der Waals surface area contributed by atoms with Gasteiger partial charge >= 0.3 is 0 Å². The summed E-state index contributed by atoms with van der Waals surface area (Å²) in [6.45, 7) is 6.55. The molecule has 2 rings (SSSR count). The fraction of sp³-hybridized carbons (Fsp3) is 0.368. The monoisotopic (exact) mass is 286 g/mol. The van der Waals surface area contributed by atoms with Crippen LogP contribution in [0.1, 0.15) is 54.0 Å². The van der Waals surface area contributed by atoms with Crippen LogP contribution in [0.4, 0.5) is 0 Å². The highest BCUT2D eigenvalue weighted by Gasteiger charge is 2.14. The summed E-state index contributed by atoms with van der Waals surface area (Å²) in [6, 6.07) is 15.4. The molecule has 0 aliphatic rings. The number of rotatable bonds is 5. The first-order valence-electron chi connectivity index (χ1n) is 7.54. The van der Waals surface area contributed by atoms with Crippen LogP contribution in [0.15, 0.2) is 42.5 Å². The van der Waals surface area contributed by atoms with E-state index in [0.29, 0.717) is 0 Å². The summed E-state index contributed by atoms with van der Waals surface area (Å²) >= 11 is 6.74. The van der Waals surface area contributed by atoms with Crippen molar-refractivity contribution in [2.75, 3.05) is 0 Å². The molecular weight excluding hydrogens is 264 g/mol. The molecule has 0 saturated heterocycles. The third-order valence-electron chi connectivity index (χ3n) is 3.95. The van der Waals surface area contributed by atoms with Gasteiger partial charge in [-0.3, -0.25) is 0 Å². The first-order chi connectivity index (χ1) is 9.69. The summed E-state index contributed by atoms with van der Waals surface area (Å²) in [6.07, 6.45) is 3.14. The summed E-state index contributed by atoms with van der Waals surface area (Å²) in [4.78, 5) is 0. The van der Waals surface area contributed by atoms with Gasteiger partial charge in [0.25, 0.3) is 0 Å². The van der Waals surface area contributed by atoms with E-state index in [1.165, 1.54) is 27.8 Å². The lowest BCUT2D eigenvalue weighted by Gasteiger charge is -2.16. The molecule has 0 nitrogen and oxygen atoms in total. The van der Waals surface area contributed by atoms with E-state index in [4.69, 9.17) is 11.6 Å². The van der Waals surface area contributed by atoms with Crippen LogP contribution in [0.5, 0.6) is 0 Å². The molecule has 1 unspecified atom stereocenters. The average Bonchev–Trinajstić information content (AvgIpc) is 2.53. The van der Waals surface area contributed by atoms with Gasteiger partial charge in [0.05, 0.1) is 5.38 Å². The second-order valence-corrected chi connectivity index (χ2v) is 5.63. The Morgan fingerprint density at radius 2 is 1.40 bits per heavy atom. The molecule has 2 aromatic carbocycles. The van der Waals surface area contributed by atoms with Crippen LogP contribution in [0.25, 0.3) is 0 Å². The SMILES string of the molecule is CCc1ccc(C(Cl)c2cc(CC)ccc2CC)cc1. The van der Waals surface area contributed by atoms with Crippen LogP contribution in [0, 0.1) is 0 Å². The molecule has 20 heavy (non-hydrogen) atoms. The molecule has 0 N–H and O–H groups in total. The summed E-state index contributed by atoms with van der Waals surface area (Å²) in [5.41, 5.74) is 6.51. The smallest absolute Gasteiger partial charge is 0.0838 e. The normalized spacial score (nSPS) is 12.4. The van der Waals surface area contributed by atoms with Gasteiger partial charge in [-0.1, -0.05) is 63.2 Å². The minimum atomic E-state index is -0.0534. The molecule has 0 amide bonds. The summed E-state index contributed by atoms with van der Waals surface area (Å²) in [5, 5.41) is -0.0534. The third kappa shape index (κ3) is 3.24. The number of hydrogen-bond acceptors (Lipinski definition) is 0. The van der Waals surface area contributed by atoms with E-state index >= 15 is 0 Å². The zero-order valence-electron chi connectivity index (χ0n) is 12.6. The van der Waals surface area contributed by atoms with Crippen molar-refractivity contribution in [3.8, 4) is 0 Å². The zero-order valence-corrected chi connectivity index (χ0v) is 13.4. The molecular formula is C19H23Cl. The van der Waals surface area contributed by atoms with Crippen LogP contribution in [-0.2, 0) is 19.3 Å². The number of benzene rings is 2. The first-order valence-corrected chi connectivity index (χ1v) is 7.97. The molecule has 106 valence electrons. The maximum Gasteiger partial charge on any atom is 0.0838 e. The predicted molar refractivity (Wildman–Crippen MR) is 88.7 cm³/mol. The molecule has 0 bridgehead atoms. The van der Waals surface area contributed by atoms with Crippen molar-refractivity contribution in [1.82, 2.24) is 0 Å². The zero-order chi connectivity index (χ0) is 14.5.